The monoisotopic (exact) mass is 238 g/mol. The Bertz CT molecular complexity index is 96.1. The molecule has 0 aromatic rings. The first-order valence-electron chi connectivity index (χ1n) is 0.698. The van der Waals surface area contributed by atoms with Gasteiger partial charge in [-0.25, -0.2) is 0 Å². The van der Waals surface area contributed by atoms with E-state index < -0.39 is 9.15 Å². The Labute approximate surface area is 62.3 Å². The van der Waals surface area contributed by atoms with E-state index in [0.717, 1.165) is 0 Å². The Balaban J connectivity index is -0.0000000800. The number of thiol groups is 1. The van der Waals surface area contributed by atoms with Crippen molar-refractivity contribution in [2.45, 2.75) is 0 Å². The average Bonchev–Trinajstić information content (AvgIpc) is 0.722. The molecular weight excluding hydrogens is 234 g/mol. The van der Waals surface area contributed by atoms with Crippen LogP contribution in [0.1, 0.15) is 0 Å². The van der Waals surface area contributed by atoms with Gasteiger partial charge < -0.3 is 6.15 Å². The summed E-state index contributed by atoms with van der Waals surface area (Å²) >= 11 is 2.65. The van der Waals surface area contributed by atoms with Gasteiger partial charge in [0, 0.05) is 22.4 Å². The van der Waals surface area contributed by atoms with Gasteiger partial charge in [-0.2, -0.15) is 8.42 Å². The normalized spacial score (nSPS) is 8.29. The second kappa shape index (κ2) is 5.10. The minimum atomic E-state index is -3.97. The summed E-state index contributed by atoms with van der Waals surface area (Å²) < 4.78 is 25.5. The fraction of sp³-hybridized carbons (Fsp3) is 0. The molecule has 4 N–H and O–H groups in total. The van der Waals surface area contributed by atoms with Crippen LogP contribution in [0, 0.1) is 0 Å². The van der Waals surface area contributed by atoms with E-state index in [1.54, 1.807) is 0 Å². The van der Waals surface area contributed by atoms with Gasteiger partial charge in [0.05, 0.1) is 0 Å². The Morgan fingerprint density at radius 2 is 1.43 bits per heavy atom. The maximum Gasteiger partial charge on any atom is 0.316 e. The maximum absolute atomic E-state index is 9.05. The van der Waals surface area contributed by atoms with E-state index in [0.29, 0.717) is 0 Å². The van der Waals surface area contributed by atoms with Crippen molar-refractivity contribution in [2.75, 3.05) is 0 Å². The predicted octanol–water partition coefficient (Wildman–Crippen LogP) is -0.121. The van der Waals surface area contributed by atoms with Gasteiger partial charge in [-0.05, 0) is 11.7 Å². The van der Waals surface area contributed by atoms with Crippen molar-refractivity contribution in [2.24, 2.45) is 0 Å². The topological polar surface area (TPSA) is 89.4 Å². The quantitative estimate of drug-likeness (QED) is 0.238. The first kappa shape index (κ1) is 15.7. The van der Waals surface area contributed by atoms with Gasteiger partial charge in [-0.15, -0.1) is 0 Å². The second-order valence-corrected chi connectivity index (χ2v) is 2.73. The van der Waals surface area contributed by atoms with Gasteiger partial charge in [0.15, 0.2) is 0 Å². The van der Waals surface area contributed by atoms with Gasteiger partial charge in [0.2, 0.25) is 0 Å². The van der Waals surface area contributed by atoms with Gasteiger partial charge in [0.1, 0.15) is 0 Å². The molecule has 51 valence electrons. The summed E-state index contributed by atoms with van der Waals surface area (Å²) in [5.41, 5.74) is 0. The Morgan fingerprint density at radius 3 is 1.43 bits per heavy atom. The summed E-state index contributed by atoms with van der Waals surface area (Å²) in [5.74, 6) is 0. The van der Waals surface area contributed by atoms with Gasteiger partial charge >= 0.3 is 9.15 Å². The van der Waals surface area contributed by atoms with Crippen LogP contribution >= 0.6 is 11.7 Å². The third kappa shape index (κ3) is 186. The first-order chi connectivity index (χ1) is 2.00. The standard InChI is InChI=1S/Ag.H3N.H2O3S2/c;;1-5(2,3)4/h;1H3;(H2,1,2,3,4). The van der Waals surface area contributed by atoms with Crippen LogP contribution in [0.25, 0.3) is 0 Å². The third-order valence-electron chi connectivity index (χ3n) is 0. The summed E-state index contributed by atoms with van der Waals surface area (Å²) in [5, 5.41) is 0. The minimum absolute atomic E-state index is 0. The molecule has 0 heterocycles. The van der Waals surface area contributed by atoms with Crippen molar-refractivity contribution in [3.8, 4) is 0 Å². The molecule has 0 fully saturated rings. The molecule has 0 rings (SSSR count). The van der Waals surface area contributed by atoms with Crippen molar-refractivity contribution in [1.82, 2.24) is 6.15 Å². The van der Waals surface area contributed by atoms with E-state index in [2.05, 4.69) is 11.7 Å². The van der Waals surface area contributed by atoms with Crippen LogP contribution in [0.5, 0.6) is 0 Å². The molecule has 1 radical (unpaired) electrons. The van der Waals surface area contributed by atoms with Crippen molar-refractivity contribution in [3.63, 3.8) is 0 Å². The van der Waals surface area contributed by atoms with E-state index in [9.17, 15) is 0 Å². The summed E-state index contributed by atoms with van der Waals surface area (Å²) in [6.07, 6.45) is 0. The van der Waals surface area contributed by atoms with Crippen molar-refractivity contribution in [3.05, 3.63) is 0 Å². The molecule has 0 aromatic carbocycles. The summed E-state index contributed by atoms with van der Waals surface area (Å²) in [7, 11) is -3.97. The van der Waals surface area contributed by atoms with E-state index in [1.165, 1.54) is 0 Å². The smallest absolute Gasteiger partial charge is 0.316 e. The van der Waals surface area contributed by atoms with E-state index in [-0.39, 0.29) is 28.5 Å². The number of rotatable bonds is 0. The molecule has 0 unspecified atom stereocenters. The Kier molecular flexibility index (Phi) is 11.4. The molecule has 0 bridgehead atoms. The van der Waals surface area contributed by atoms with E-state index >= 15 is 0 Å². The molecule has 0 aromatic heterocycles. The van der Waals surface area contributed by atoms with Crippen LogP contribution in [0.4, 0.5) is 0 Å². The summed E-state index contributed by atoms with van der Waals surface area (Å²) in [6.45, 7) is 0. The molecule has 0 aliphatic rings. The first-order valence-corrected chi connectivity index (χ1v) is 3.19. The zero-order valence-electron chi connectivity index (χ0n) is 3.13. The average molecular weight is 239 g/mol. The number of hydrogen-bond donors (Lipinski definition) is 3. The van der Waals surface area contributed by atoms with Crippen molar-refractivity contribution in [1.29, 1.82) is 0 Å². The molecule has 0 saturated heterocycles. The van der Waals surface area contributed by atoms with Crippen LogP contribution in [0.15, 0.2) is 0 Å². The van der Waals surface area contributed by atoms with E-state index in [1.807, 2.05) is 0 Å². The predicted molar refractivity (Wildman–Crippen MR) is 25.6 cm³/mol. The van der Waals surface area contributed by atoms with Crippen LogP contribution in [0.3, 0.4) is 0 Å². The molecule has 0 aliphatic carbocycles. The SMILES string of the molecule is N.O=S(=O)(O)S.[Ag]. The van der Waals surface area contributed by atoms with Gasteiger partial charge in [-0.3, -0.25) is 4.55 Å². The zero-order chi connectivity index (χ0) is 4.50. The van der Waals surface area contributed by atoms with Crippen molar-refractivity contribution >= 4 is 20.8 Å². The fourth-order valence-electron chi connectivity index (χ4n) is 0. The fourth-order valence-corrected chi connectivity index (χ4v) is 0. The molecule has 4 nitrogen and oxygen atoms in total. The van der Waals surface area contributed by atoms with Crippen LogP contribution < -0.4 is 6.15 Å². The van der Waals surface area contributed by atoms with E-state index in [4.69, 9.17) is 13.0 Å². The summed E-state index contributed by atoms with van der Waals surface area (Å²) in [4.78, 5) is 0. The molecule has 0 aliphatic heterocycles. The largest absolute Gasteiger partial charge is 0.344 e. The number of hydrogen-bond acceptors (Lipinski definition) is 3. The van der Waals surface area contributed by atoms with Gasteiger partial charge in [-0.1, -0.05) is 0 Å². The Hall–Kier alpha value is 0.960. The van der Waals surface area contributed by atoms with Crippen LogP contribution in [0.2, 0.25) is 0 Å². The molecule has 0 atom stereocenters. The van der Waals surface area contributed by atoms with Crippen LogP contribution in [-0.2, 0) is 31.5 Å². The molecule has 7 heteroatoms. The molecule has 0 amide bonds. The third-order valence-corrected chi connectivity index (χ3v) is 0. The maximum atomic E-state index is 9.05. The second-order valence-electron chi connectivity index (χ2n) is 0.448. The molecule has 0 spiro atoms. The minimum Gasteiger partial charge on any atom is -0.344 e. The zero-order valence-corrected chi connectivity index (χ0v) is 6.32. The molecule has 0 saturated carbocycles. The summed E-state index contributed by atoms with van der Waals surface area (Å²) in [6, 6.07) is 0. The van der Waals surface area contributed by atoms with Gasteiger partial charge in [0.25, 0.3) is 0 Å². The van der Waals surface area contributed by atoms with Crippen LogP contribution in [-0.4, -0.2) is 13.0 Å². The molecular formula is H5AgNO3S2. The van der Waals surface area contributed by atoms with Crippen molar-refractivity contribution < 1.29 is 35.4 Å². The molecule has 7 heavy (non-hydrogen) atoms. The Morgan fingerprint density at radius 1 is 1.43 bits per heavy atom.